The number of nitrogens with two attached hydrogens (primary N) is 2. The number of aryl methyl sites for hydroxylation is 1. The summed E-state index contributed by atoms with van der Waals surface area (Å²) in [4.78, 5) is 124. The predicted octanol–water partition coefficient (Wildman–Crippen LogP) is -3.96. The van der Waals surface area contributed by atoms with Crippen LogP contribution in [0, 0.1) is 5.92 Å². The molecule has 3 aliphatic rings. The van der Waals surface area contributed by atoms with E-state index < -0.39 is 161 Å². The number of amides is 1. The summed E-state index contributed by atoms with van der Waals surface area (Å²) in [7, 11) is -25.2. The van der Waals surface area contributed by atoms with Gasteiger partial charge >= 0.3 is 50.2 Å². The molecule has 0 saturated carbocycles. The first-order valence-corrected chi connectivity index (χ1v) is 30.3. The van der Waals surface area contributed by atoms with Crippen LogP contribution in [-0.2, 0) is 80.1 Å². The molecule has 0 aromatic carbocycles. The Bertz CT molecular complexity index is 3600. The molecule has 80 heavy (non-hydrogen) atoms. The second-order valence-electron chi connectivity index (χ2n) is 17.9. The maximum atomic E-state index is 14.3. The lowest BCUT2D eigenvalue weighted by molar-refractivity contribution is -0.745. The van der Waals surface area contributed by atoms with Gasteiger partial charge in [-0.2, -0.15) is 12.9 Å². The number of carbonyl (C=O) groups is 1. The maximum Gasteiger partial charge on any atom is 0.490 e. The van der Waals surface area contributed by atoms with Gasteiger partial charge in [-0.1, -0.05) is 4.98 Å². The topological polar surface area (TPSA) is 565 Å². The number of carbonyl (C=O) groups excluding carboxylic acids is 1. The van der Waals surface area contributed by atoms with Gasteiger partial charge in [0.05, 0.1) is 39.3 Å². The van der Waals surface area contributed by atoms with E-state index in [0.29, 0.717) is 4.57 Å². The van der Waals surface area contributed by atoms with Gasteiger partial charge in [0.25, 0.3) is 17.1 Å². The van der Waals surface area contributed by atoms with Gasteiger partial charge in [0.15, 0.2) is 30.2 Å². The van der Waals surface area contributed by atoms with Crippen molar-refractivity contribution in [2.75, 3.05) is 52.5 Å². The number of hydrogen-bond donors (Lipinski definition) is 12. The zero-order valence-corrected chi connectivity index (χ0v) is 45.9. The van der Waals surface area contributed by atoms with Crippen LogP contribution in [-0.4, -0.2) is 184 Å². The molecular formula is C35H51N13O27P5+. The third-order valence-electron chi connectivity index (χ3n) is 12.4. The molecule has 45 heteroatoms. The number of aliphatic hydroxyl groups excluding tert-OH is 3. The highest BCUT2D eigenvalue weighted by Gasteiger charge is 2.58. The number of methoxy groups -OCH3 is 1. The molecule has 17 atom stereocenters. The number of nitrogens with one attached hydrogen (secondary N) is 2. The van der Waals surface area contributed by atoms with Gasteiger partial charge in [-0.15, -0.1) is 0 Å². The molecule has 40 nitrogen and oxygen atoms in total. The van der Waals surface area contributed by atoms with Gasteiger partial charge < -0.3 is 79.6 Å². The standard InChI is InChI=1S/C35H50N13O27P5/c1-44(2)19(50)7-14-15(70-31(22(14)51)48-13-45(3)21-29(48)42-34(37)43-30(21)54)8-68-77(58,59)73-79(62,63)75-80(64,65)74-78(60,61)69-10-17-26(25(66-4)33(72-17)47-12-40-20-27(36)38-11-39-28(20)47)76(56,57)67-9-16-23(52)24(53)32(71-16)46-6-5-18(49)41-35(46)55/h5-6,11-17,22-26,31-33,51-53H,7-10H2,1-4H3,(H10-,36,37,38,39,41,42,43,49,54,55,56,57,58,59,60,61,62,63,64,65)/p+1/t14-,15-,16-,17-,22-,23-,24-,25-,26-,31?,32-,33-/m1/s1. The summed E-state index contributed by atoms with van der Waals surface area (Å²) in [6.07, 6.45) is -13.3. The summed E-state index contributed by atoms with van der Waals surface area (Å²) in [6.45, 7) is -3.58. The third-order valence-corrected chi connectivity index (χ3v) is 20.2. The van der Waals surface area contributed by atoms with Crippen LogP contribution in [0.1, 0.15) is 25.1 Å². The van der Waals surface area contributed by atoms with Crippen LogP contribution in [0.25, 0.3) is 22.3 Å². The number of fused-ring (bicyclic) bond motifs is 2. The van der Waals surface area contributed by atoms with Gasteiger partial charge in [-0.3, -0.25) is 51.7 Å². The average molecular weight is 1240 g/mol. The van der Waals surface area contributed by atoms with Gasteiger partial charge in [0, 0.05) is 45.8 Å². The Kier molecular flexibility index (Phi) is 17.6. The molecule has 5 aromatic heterocycles. The third kappa shape index (κ3) is 13.0. The quantitative estimate of drug-likeness (QED) is 0.0232. The van der Waals surface area contributed by atoms with Crippen molar-refractivity contribution >= 4 is 78.9 Å². The molecule has 1 amide bonds. The molecule has 8 rings (SSSR count). The van der Waals surface area contributed by atoms with Crippen molar-refractivity contribution in [2.24, 2.45) is 13.0 Å². The number of H-pyrrole nitrogens is 2. The SMILES string of the molecule is CO[C@@H]1[C@H](P(=O)(O)OC[C@H]2O[C@@H](n3ccc(=O)[nH]c3=O)[C@H](O)[C@@H]2O)[C@@H](COP(=O)(O)OP(=O)(O)OP(=O)(O)OP(=O)(O)OC[C@H]2OC([n+]3cn(C)c4c(=O)[nH]c(N)nc43)[C@H](O)[C@@H]2CC(=O)N(C)C)O[C@H]1n1cnc2c(N)ncnc21. The van der Waals surface area contributed by atoms with Crippen molar-refractivity contribution in [3.63, 3.8) is 0 Å². The number of nitrogens with zero attached hydrogens (tertiary/aromatic N) is 9. The molecule has 3 aliphatic heterocycles. The van der Waals surface area contributed by atoms with Gasteiger partial charge in [0.1, 0.15) is 54.1 Å². The van der Waals surface area contributed by atoms with E-state index in [1.807, 2.05) is 4.98 Å². The summed E-state index contributed by atoms with van der Waals surface area (Å²) in [5.74, 6) is -2.34. The number of aromatic nitrogens is 10. The summed E-state index contributed by atoms with van der Waals surface area (Å²) >= 11 is 0. The highest BCUT2D eigenvalue weighted by atomic mass is 31.3. The van der Waals surface area contributed by atoms with Crippen molar-refractivity contribution < 1.29 is 117 Å². The Morgan fingerprint density at radius 1 is 0.787 bits per heavy atom. The minimum Gasteiger partial charge on any atom is -0.387 e. The molecule has 3 saturated heterocycles. The summed E-state index contributed by atoms with van der Waals surface area (Å²) in [6, 6.07) is 0.904. The highest BCUT2D eigenvalue weighted by Crippen LogP contribution is 2.72. The van der Waals surface area contributed by atoms with Gasteiger partial charge in [-0.25, -0.2) is 42.6 Å². The molecule has 0 bridgehead atoms. The molecular weight excluding hydrogens is 1190 g/mol. The van der Waals surface area contributed by atoms with Crippen LogP contribution in [0.2, 0.25) is 0 Å². The van der Waals surface area contributed by atoms with E-state index in [1.54, 1.807) is 0 Å². The fourth-order valence-electron chi connectivity index (χ4n) is 8.86. The largest absolute Gasteiger partial charge is 0.490 e. The van der Waals surface area contributed by atoms with Crippen molar-refractivity contribution in [1.82, 2.24) is 48.5 Å². The van der Waals surface area contributed by atoms with E-state index in [1.165, 1.54) is 36.6 Å². The molecule has 5 aromatic rings. The summed E-state index contributed by atoms with van der Waals surface area (Å²) < 4.78 is 121. The molecule has 14 N–H and O–H groups in total. The fourth-order valence-corrected chi connectivity index (χ4v) is 15.6. The van der Waals surface area contributed by atoms with Crippen molar-refractivity contribution in [2.45, 2.75) is 73.5 Å². The van der Waals surface area contributed by atoms with Crippen LogP contribution in [0.4, 0.5) is 11.8 Å². The van der Waals surface area contributed by atoms with Crippen LogP contribution < -0.4 is 32.8 Å². The Balaban J connectivity index is 0.947. The summed E-state index contributed by atoms with van der Waals surface area (Å²) in [5.41, 5.74) is 6.84. The second kappa shape index (κ2) is 23.0. The van der Waals surface area contributed by atoms with E-state index in [-0.39, 0.29) is 34.1 Å². The zero-order chi connectivity index (χ0) is 58.8. The molecule has 0 radical (unpaired) electrons. The zero-order valence-electron chi connectivity index (χ0n) is 41.4. The number of nitrogen functional groups attached to an aromatic ring is 2. The van der Waals surface area contributed by atoms with E-state index in [0.717, 1.165) is 41.5 Å². The normalized spacial score (nSPS) is 29.9. The number of aliphatic hydroxyl groups is 3. The lowest BCUT2D eigenvalue weighted by Crippen LogP contribution is -2.45. The number of imidazole rings is 2. The summed E-state index contributed by atoms with van der Waals surface area (Å²) in [5, 5.41) is 32.9. The minimum atomic E-state index is -6.49. The number of ether oxygens (including phenoxy) is 4. The minimum absolute atomic E-state index is 0.00581. The van der Waals surface area contributed by atoms with Crippen LogP contribution in [0.5, 0.6) is 0 Å². The smallest absolute Gasteiger partial charge is 0.387 e. The number of phosphoric acid groups is 4. The Morgan fingerprint density at radius 2 is 1.40 bits per heavy atom. The molecule has 0 aliphatic carbocycles. The first-order valence-electron chi connectivity index (χ1n) is 22.7. The molecule has 442 valence electrons. The van der Waals surface area contributed by atoms with Crippen LogP contribution >= 0.6 is 38.9 Å². The monoisotopic (exact) mass is 1240 g/mol. The first kappa shape index (κ1) is 61.2. The molecule has 3 fully saturated rings. The molecule has 6 unspecified atom stereocenters. The second-order valence-corrected chi connectivity index (χ2v) is 26.1. The van der Waals surface area contributed by atoms with E-state index in [4.69, 9.17) is 44.0 Å². The van der Waals surface area contributed by atoms with Gasteiger partial charge in [-0.05, 0) is 0 Å². The van der Waals surface area contributed by atoms with Crippen molar-refractivity contribution in [1.29, 1.82) is 0 Å². The Hall–Kier alpha value is -4.92. The van der Waals surface area contributed by atoms with Crippen molar-refractivity contribution in [3.05, 3.63) is 62.4 Å². The van der Waals surface area contributed by atoms with E-state index in [9.17, 15) is 81.8 Å². The number of anilines is 2. The number of phosphoric ester groups is 2. The van der Waals surface area contributed by atoms with Crippen LogP contribution in [0.15, 0.2) is 45.6 Å². The Morgan fingerprint density at radius 3 is 2.02 bits per heavy atom. The fraction of sp³-hybridized carbons (Fsp3) is 0.571. The predicted molar refractivity (Wildman–Crippen MR) is 258 cm³/mol. The van der Waals surface area contributed by atoms with E-state index in [2.05, 4.69) is 37.9 Å². The lowest BCUT2D eigenvalue weighted by atomic mass is 9.94. The number of hydrogen-bond acceptors (Lipinski definition) is 28. The molecule has 8 heterocycles. The molecule has 0 spiro atoms. The number of rotatable bonds is 22. The van der Waals surface area contributed by atoms with Gasteiger partial charge in [0.2, 0.25) is 17.7 Å². The van der Waals surface area contributed by atoms with Crippen molar-refractivity contribution in [3.8, 4) is 0 Å². The Labute approximate surface area is 445 Å². The highest BCUT2D eigenvalue weighted by molar-refractivity contribution is 7.69. The first-order chi connectivity index (χ1) is 37.2. The maximum absolute atomic E-state index is 14.3. The average Bonchev–Trinajstić information content (AvgIpc) is 4.37. The van der Waals surface area contributed by atoms with Crippen LogP contribution in [0.3, 0.4) is 0 Å². The van der Waals surface area contributed by atoms with E-state index >= 15 is 0 Å². The lowest BCUT2D eigenvalue weighted by Gasteiger charge is -2.28. The number of aromatic amines is 2.